The smallest absolute Gasteiger partial charge is 0.339 e. The van der Waals surface area contributed by atoms with Crippen LogP contribution in [0.2, 0.25) is 5.02 Å². The summed E-state index contributed by atoms with van der Waals surface area (Å²) >= 11 is 8.07. The van der Waals surface area contributed by atoms with E-state index in [0.717, 1.165) is 68.2 Å². The van der Waals surface area contributed by atoms with Gasteiger partial charge < -0.3 is 19.5 Å². The van der Waals surface area contributed by atoms with Gasteiger partial charge in [0.25, 0.3) is 0 Å². The number of hydrogen-bond acceptors (Lipinski definition) is 7. The molecule has 0 bridgehead atoms. The van der Waals surface area contributed by atoms with Crippen LogP contribution in [0.25, 0.3) is 0 Å². The Bertz CT molecular complexity index is 1080. The molecule has 38 heavy (non-hydrogen) atoms. The number of aryl methyl sites for hydroxylation is 1. The van der Waals surface area contributed by atoms with Crippen molar-refractivity contribution in [1.29, 1.82) is 0 Å². The number of fused-ring (bicyclic) bond motifs is 1. The molecule has 2 atom stereocenters. The molecule has 1 aliphatic rings. The highest BCUT2D eigenvalue weighted by Gasteiger charge is 2.28. The maximum atomic E-state index is 12.0. The summed E-state index contributed by atoms with van der Waals surface area (Å²) in [5.74, 6) is 0.254. The summed E-state index contributed by atoms with van der Waals surface area (Å²) in [5.41, 5.74) is 3.93. The van der Waals surface area contributed by atoms with Gasteiger partial charge in [-0.1, -0.05) is 61.2 Å². The second-order valence-corrected chi connectivity index (χ2v) is 11.1. The number of hydrogen-bond donors (Lipinski definition) is 1. The number of likely N-dealkylation sites (N-methyl/N-ethyl adjacent to an activating group) is 1. The van der Waals surface area contributed by atoms with Crippen molar-refractivity contribution in [2.45, 2.75) is 51.0 Å². The van der Waals surface area contributed by atoms with Crippen molar-refractivity contribution in [3.63, 3.8) is 0 Å². The maximum Gasteiger partial charge on any atom is 0.339 e. The topological polar surface area (TPSA) is 62.2 Å². The Morgan fingerprint density at radius 1 is 1.29 bits per heavy atom. The molecule has 2 aromatic carbocycles. The number of nitrogens with zero attached hydrogens (tertiary/aromatic N) is 2. The third-order valence-corrected chi connectivity index (χ3v) is 7.91. The molecule has 0 fully saturated rings. The lowest BCUT2D eigenvalue weighted by atomic mass is 9.92. The molecule has 0 saturated heterocycles. The van der Waals surface area contributed by atoms with Crippen LogP contribution in [0.4, 0.5) is 5.69 Å². The summed E-state index contributed by atoms with van der Waals surface area (Å²) < 4.78 is 13.3. The Balaban J connectivity index is 1.82. The normalized spacial score (nSPS) is 16.3. The number of aliphatic hydroxyl groups is 1. The van der Waals surface area contributed by atoms with E-state index in [9.17, 15) is 9.90 Å². The molecule has 1 N–H and O–H groups in total. The van der Waals surface area contributed by atoms with Crippen LogP contribution in [0.3, 0.4) is 0 Å². The fourth-order valence-electron chi connectivity index (χ4n) is 4.77. The number of ether oxygens (including phenoxy) is 2. The minimum Gasteiger partial charge on any atom is -0.491 e. The van der Waals surface area contributed by atoms with E-state index in [4.69, 9.17) is 21.1 Å². The molecule has 8 heteroatoms. The number of aliphatic hydroxyl groups excluding tert-OH is 1. The van der Waals surface area contributed by atoms with Crippen LogP contribution >= 0.6 is 23.5 Å². The molecule has 6 nitrogen and oxygen atoms in total. The van der Waals surface area contributed by atoms with Gasteiger partial charge in [-0.15, -0.1) is 0 Å². The highest BCUT2D eigenvalue weighted by Crippen LogP contribution is 2.38. The standard InChI is InChI=1S/C30H41ClN2O4S/c1-5-11-22-18-25(31)13-14-26(22)24-20-33(17-10-8-6-7-9-16-32(2)38-4)27-19-23(29(34)30(35)36-3)12-15-28(27)37-21-24/h7,9,12-15,18-19,24,29,34H,5-6,8,10-11,16-17,20-21H2,1-4H3/b9-7+. The number of esters is 1. The first-order valence-electron chi connectivity index (χ1n) is 13.3. The molecule has 0 radical (unpaired) electrons. The van der Waals surface area contributed by atoms with Gasteiger partial charge in [-0.2, -0.15) is 0 Å². The lowest BCUT2D eigenvalue weighted by Crippen LogP contribution is -2.30. The molecule has 2 aromatic rings. The van der Waals surface area contributed by atoms with E-state index >= 15 is 0 Å². The van der Waals surface area contributed by atoms with E-state index in [0.29, 0.717) is 12.2 Å². The molecule has 3 rings (SSSR count). The number of carbonyl (C=O) groups excluding carboxylic acids is 1. The average Bonchev–Trinajstić information content (AvgIpc) is 3.10. The van der Waals surface area contributed by atoms with Crippen molar-refractivity contribution in [1.82, 2.24) is 4.31 Å². The molecule has 0 aromatic heterocycles. The lowest BCUT2D eigenvalue weighted by molar-refractivity contribution is -0.150. The minimum absolute atomic E-state index is 0.164. The second kappa shape index (κ2) is 15.4. The van der Waals surface area contributed by atoms with Crippen LogP contribution in [-0.4, -0.2) is 62.0 Å². The summed E-state index contributed by atoms with van der Waals surface area (Å²) in [7, 11) is 3.37. The van der Waals surface area contributed by atoms with E-state index in [1.165, 1.54) is 18.2 Å². The van der Waals surface area contributed by atoms with E-state index in [1.807, 2.05) is 18.2 Å². The van der Waals surface area contributed by atoms with Crippen molar-refractivity contribution in [3.05, 3.63) is 70.3 Å². The highest BCUT2D eigenvalue weighted by molar-refractivity contribution is 7.96. The summed E-state index contributed by atoms with van der Waals surface area (Å²) in [4.78, 5) is 14.4. The van der Waals surface area contributed by atoms with E-state index in [2.05, 4.69) is 53.7 Å². The quantitative estimate of drug-likeness (QED) is 0.131. The van der Waals surface area contributed by atoms with Crippen molar-refractivity contribution in [2.24, 2.45) is 0 Å². The van der Waals surface area contributed by atoms with Gasteiger partial charge in [0.1, 0.15) is 5.75 Å². The Hall–Kier alpha value is -2.19. The van der Waals surface area contributed by atoms with Gasteiger partial charge in [0, 0.05) is 30.6 Å². The molecule has 1 heterocycles. The molecular weight excluding hydrogens is 520 g/mol. The molecule has 0 amide bonds. The average molecular weight is 561 g/mol. The van der Waals surface area contributed by atoms with Crippen LogP contribution in [0, 0.1) is 0 Å². The zero-order valence-corrected chi connectivity index (χ0v) is 24.6. The summed E-state index contributed by atoms with van der Waals surface area (Å²) in [6.45, 7) is 5.29. The summed E-state index contributed by atoms with van der Waals surface area (Å²) in [5, 5.41) is 11.2. The minimum atomic E-state index is -1.33. The molecule has 0 aliphatic carbocycles. The predicted octanol–water partition coefficient (Wildman–Crippen LogP) is 6.42. The van der Waals surface area contributed by atoms with Gasteiger partial charge in [0.05, 0.1) is 19.4 Å². The van der Waals surface area contributed by atoms with Crippen LogP contribution in [-0.2, 0) is 16.0 Å². The van der Waals surface area contributed by atoms with Gasteiger partial charge in [-0.05, 0) is 79.9 Å². The Morgan fingerprint density at radius 2 is 2.11 bits per heavy atom. The zero-order valence-electron chi connectivity index (χ0n) is 23.0. The van der Waals surface area contributed by atoms with Crippen LogP contribution < -0.4 is 9.64 Å². The SMILES string of the molecule is CCCc1cc(Cl)ccc1C1COc2ccc(C(O)C(=O)OC)cc2N(CCCC/C=C/CN(C)SC)C1. The predicted molar refractivity (Wildman–Crippen MR) is 158 cm³/mol. The first-order chi connectivity index (χ1) is 18.4. The Morgan fingerprint density at radius 3 is 2.84 bits per heavy atom. The van der Waals surface area contributed by atoms with Gasteiger partial charge in [-0.25, -0.2) is 4.79 Å². The number of allylic oxidation sites excluding steroid dienone is 1. The van der Waals surface area contributed by atoms with Crippen molar-refractivity contribution in [3.8, 4) is 5.75 Å². The summed E-state index contributed by atoms with van der Waals surface area (Å²) in [6.07, 6.45) is 10.3. The number of unbranched alkanes of at least 4 members (excludes halogenated alkanes) is 2. The number of halogens is 1. The molecule has 0 spiro atoms. The number of benzene rings is 2. The first kappa shape index (κ1) is 30.4. The molecule has 208 valence electrons. The van der Waals surface area contributed by atoms with Crippen LogP contribution in [0.5, 0.6) is 5.75 Å². The van der Waals surface area contributed by atoms with Crippen molar-refractivity contribution < 1.29 is 19.4 Å². The summed E-state index contributed by atoms with van der Waals surface area (Å²) in [6, 6.07) is 11.6. The largest absolute Gasteiger partial charge is 0.491 e. The zero-order chi connectivity index (χ0) is 27.5. The van der Waals surface area contributed by atoms with Gasteiger partial charge in [0.15, 0.2) is 6.10 Å². The van der Waals surface area contributed by atoms with Crippen molar-refractivity contribution >= 4 is 35.2 Å². The van der Waals surface area contributed by atoms with Gasteiger partial charge >= 0.3 is 5.97 Å². The third-order valence-electron chi connectivity index (χ3n) is 6.90. The van der Waals surface area contributed by atoms with Gasteiger partial charge in [-0.3, -0.25) is 4.31 Å². The lowest BCUT2D eigenvalue weighted by Gasteiger charge is -2.28. The Kier molecular flexibility index (Phi) is 12.3. The molecule has 1 aliphatic heterocycles. The second-order valence-electron chi connectivity index (χ2n) is 9.66. The fraction of sp³-hybridized carbons (Fsp3) is 0.500. The fourth-order valence-corrected chi connectivity index (χ4v) is 5.20. The monoisotopic (exact) mass is 560 g/mol. The highest BCUT2D eigenvalue weighted by atomic mass is 35.5. The number of carbonyl (C=O) groups is 1. The third kappa shape index (κ3) is 8.40. The molecular formula is C30H41ClN2O4S. The van der Waals surface area contributed by atoms with E-state index in [1.54, 1.807) is 18.0 Å². The van der Waals surface area contributed by atoms with Crippen LogP contribution in [0.1, 0.15) is 61.3 Å². The Labute approximate surface area is 237 Å². The van der Waals surface area contributed by atoms with E-state index in [-0.39, 0.29) is 5.92 Å². The molecule has 0 saturated carbocycles. The molecule has 2 unspecified atom stereocenters. The maximum absolute atomic E-state index is 12.0. The number of methoxy groups -OCH3 is 1. The first-order valence-corrected chi connectivity index (χ1v) is 14.9. The van der Waals surface area contributed by atoms with Gasteiger partial charge in [0.2, 0.25) is 0 Å². The van der Waals surface area contributed by atoms with E-state index < -0.39 is 12.1 Å². The number of anilines is 1. The van der Waals surface area contributed by atoms with Crippen molar-refractivity contribution in [2.75, 3.05) is 51.6 Å². The van der Waals surface area contributed by atoms with Crippen LogP contribution in [0.15, 0.2) is 48.6 Å². The number of rotatable bonds is 13.